The van der Waals surface area contributed by atoms with Gasteiger partial charge in [0.2, 0.25) is 5.95 Å². The lowest BCUT2D eigenvalue weighted by molar-refractivity contribution is 0.122. The Balaban J connectivity index is 2.12. The van der Waals surface area contributed by atoms with Crippen LogP contribution >= 0.6 is 0 Å². The van der Waals surface area contributed by atoms with E-state index in [0.29, 0.717) is 5.56 Å². The molecule has 0 saturated heterocycles. The summed E-state index contributed by atoms with van der Waals surface area (Å²) in [6.45, 7) is 0. The topological polar surface area (TPSA) is 33.1 Å². The molecule has 0 aromatic carbocycles. The summed E-state index contributed by atoms with van der Waals surface area (Å²) in [4.78, 5) is 3.64. The Labute approximate surface area is 82.8 Å². The Bertz CT molecular complexity index is 308. The van der Waals surface area contributed by atoms with Crippen LogP contribution < -0.4 is 0 Å². The van der Waals surface area contributed by atoms with E-state index in [1.807, 2.05) is 0 Å². The number of nitrogens with zero attached hydrogens (tertiary/aromatic N) is 1. The summed E-state index contributed by atoms with van der Waals surface area (Å²) < 4.78 is 13.3. The van der Waals surface area contributed by atoms with Crippen molar-refractivity contribution in [2.75, 3.05) is 0 Å². The molecule has 0 aliphatic heterocycles. The molecule has 3 heteroatoms. The van der Waals surface area contributed by atoms with Crippen LogP contribution in [-0.4, -0.2) is 16.2 Å². The van der Waals surface area contributed by atoms with E-state index in [2.05, 4.69) is 4.98 Å². The average Bonchev–Trinajstić information content (AvgIpc) is 2.20. The van der Waals surface area contributed by atoms with Gasteiger partial charge in [-0.1, -0.05) is 6.07 Å². The molecule has 1 heterocycles. The van der Waals surface area contributed by atoms with Gasteiger partial charge in [-0.15, -0.1) is 0 Å². The maximum absolute atomic E-state index is 13.3. The summed E-state index contributed by atoms with van der Waals surface area (Å²) in [5.41, 5.74) is 0.708. The molecule has 2 nitrogen and oxygen atoms in total. The molecule has 1 aromatic rings. The van der Waals surface area contributed by atoms with Crippen LogP contribution in [-0.2, 0) is 0 Å². The van der Waals surface area contributed by atoms with Crippen molar-refractivity contribution >= 4 is 0 Å². The molecule has 2 rings (SSSR count). The largest absolute Gasteiger partial charge is 0.393 e. The van der Waals surface area contributed by atoms with E-state index in [4.69, 9.17) is 0 Å². The number of aliphatic hydroxyl groups excluding tert-OH is 1. The lowest BCUT2D eigenvalue weighted by Gasteiger charge is -2.25. The van der Waals surface area contributed by atoms with E-state index in [1.165, 1.54) is 6.20 Å². The number of aliphatic hydroxyl groups is 1. The molecule has 0 radical (unpaired) electrons. The molecule has 0 spiro atoms. The van der Waals surface area contributed by atoms with Gasteiger partial charge in [0.1, 0.15) is 0 Å². The molecular weight excluding hydrogens is 181 g/mol. The Morgan fingerprint density at radius 3 is 2.64 bits per heavy atom. The minimum Gasteiger partial charge on any atom is -0.393 e. The molecule has 14 heavy (non-hydrogen) atoms. The standard InChI is InChI=1S/C11H14FNO/c12-11-10(2-1-7-13-11)8-3-5-9(14)6-4-8/h1-2,7-9,14H,3-6H2/t8-,9-. The summed E-state index contributed by atoms with van der Waals surface area (Å²) in [6.07, 6.45) is 4.56. The number of aromatic nitrogens is 1. The minimum atomic E-state index is -0.353. The van der Waals surface area contributed by atoms with Crippen molar-refractivity contribution in [3.8, 4) is 0 Å². The SMILES string of the molecule is O[C@H]1CC[C@H](c2cccnc2F)CC1. The summed E-state index contributed by atoms with van der Waals surface area (Å²) in [5.74, 6) is -0.110. The van der Waals surface area contributed by atoms with E-state index in [0.717, 1.165) is 25.7 Å². The fourth-order valence-electron chi connectivity index (χ4n) is 2.09. The first-order valence-electron chi connectivity index (χ1n) is 5.06. The first kappa shape index (κ1) is 9.59. The van der Waals surface area contributed by atoms with Gasteiger partial charge >= 0.3 is 0 Å². The molecular formula is C11H14FNO. The summed E-state index contributed by atoms with van der Waals surface area (Å²) in [7, 11) is 0. The van der Waals surface area contributed by atoms with Crippen molar-refractivity contribution in [1.29, 1.82) is 0 Å². The molecule has 1 aliphatic carbocycles. The Morgan fingerprint density at radius 2 is 2.00 bits per heavy atom. The van der Waals surface area contributed by atoms with Crippen molar-refractivity contribution in [2.24, 2.45) is 0 Å². The van der Waals surface area contributed by atoms with Gasteiger partial charge in [-0.25, -0.2) is 4.98 Å². The van der Waals surface area contributed by atoms with Crippen LogP contribution in [0.4, 0.5) is 4.39 Å². The zero-order valence-corrected chi connectivity index (χ0v) is 7.99. The lowest BCUT2D eigenvalue weighted by Crippen LogP contribution is -2.17. The predicted octanol–water partition coefficient (Wildman–Crippen LogP) is 2.24. The molecule has 0 atom stereocenters. The third-order valence-corrected chi connectivity index (χ3v) is 2.92. The normalized spacial score (nSPS) is 27.6. The second-order valence-corrected chi connectivity index (χ2v) is 3.89. The van der Waals surface area contributed by atoms with Gasteiger partial charge in [0.15, 0.2) is 0 Å². The molecule has 0 bridgehead atoms. The van der Waals surface area contributed by atoms with Crippen molar-refractivity contribution in [3.63, 3.8) is 0 Å². The van der Waals surface area contributed by atoms with Crippen LogP contribution in [0.15, 0.2) is 18.3 Å². The van der Waals surface area contributed by atoms with E-state index < -0.39 is 0 Å². The predicted molar refractivity (Wildman–Crippen MR) is 51.4 cm³/mol. The molecule has 76 valence electrons. The highest BCUT2D eigenvalue weighted by atomic mass is 19.1. The molecule has 1 aliphatic rings. The molecule has 1 saturated carbocycles. The first-order chi connectivity index (χ1) is 6.77. The number of hydrogen-bond acceptors (Lipinski definition) is 2. The number of pyridine rings is 1. The minimum absolute atomic E-state index is 0.189. The Hall–Kier alpha value is -0.960. The van der Waals surface area contributed by atoms with Gasteiger partial charge in [0.25, 0.3) is 0 Å². The van der Waals surface area contributed by atoms with Crippen LogP contribution in [0.2, 0.25) is 0 Å². The van der Waals surface area contributed by atoms with Crippen LogP contribution in [0.5, 0.6) is 0 Å². The first-order valence-corrected chi connectivity index (χ1v) is 5.06. The van der Waals surface area contributed by atoms with E-state index in [-0.39, 0.29) is 18.0 Å². The smallest absolute Gasteiger partial charge is 0.216 e. The number of halogens is 1. The van der Waals surface area contributed by atoms with E-state index >= 15 is 0 Å². The highest BCUT2D eigenvalue weighted by Gasteiger charge is 2.22. The molecule has 0 amide bonds. The van der Waals surface area contributed by atoms with Crippen molar-refractivity contribution in [3.05, 3.63) is 29.8 Å². The maximum Gasteiger partial charge on any atom is 0.216 e. The molecule has 1 N–H and O–H groups in total. The van der Waals surface area contributed by atoms with Gasteiger partial charge in [0.05, 0.1) is 6.10 Å². The fourth-order valence-corrected chi connectivity index (χ4v) is 2.09. The summed E-state index contributed by atoms with van der Waals surface area (Å²) in [6, 6.07) is 3.56. The van der Waals surface area contributed by atoms with Gasteiger partial charge in [-0.05, 0) is 37.7 Å². The maximum atomic E-state index is 13.3. The van der Waals surface area contributed by atoms with Gasteiger partial charge in [-0.2, -0.15) is 4.39 Å². The third-order valence-electron chi connectivity index (χ3n) is 2.92. The highest BCUT2D eigenvalue weighted by molar-refractivity contribution is 5.17. The second kappa shape index (κ2) is 4.05. The monoisotopic (exact) mass is 195 g/mol. The summed E-state index contributed by atoms with van der Waals surface area (Å²) >= 11 is 0. The van der Waals surface area contributed by atoms with Crippen molar-refractivity contribution in [1.82, 2.24) is 4.98 Å². The lowest BCUT2D eigenvalue weighted by atomic mass is 9.83. The van der Waals surface area contributed by atoms with Crippen LogP contribution in [0.1, 0.15) is 37.2 Å². The zero-order chi connectivity index (χ0) is 9.97. The van der Waals surface area contributed by atoms with Gasteiger partial charge < -0.3 is 5.11 Å². The van der Waals surface area contributed by atoms with E-state index in [9.17, 15) is 9.50 Å². The number of hydrogen-bond donors (Lipinski definition) is 1. The molecule has 1 fully saturated rings. The number of rotatable bonds is 1. The quantitative estimate of drug-likeness (QED) is 0.697. The van der Waals surface area contributed by atoms with Gasteiger partial charge in [0, 0.05) is 11.8 Å². The zero-order valence-electron chi connectivity index (χ0n) is 7.99. The Kier molecular flexibility index (Phi) is 2.77. The van der Waals surface area contributed by atoms with Crippen LogP contribution in [0.3, 0.4) is 0 Å². The van der Waals surface area contributed by atoms with Gasteiger partial charge in [-0.3, -0.25) is 0 Å². The van der Waals surface area contributed by atoms with Crippen molar-refractivity contribution < 1.29 is 9.50 Å². The molecule has 0 unspecified atom stereocenters. The van der Waals surface area contributed by atoms with Crippen LogP contribution in [0.25, 0.3) is 0 Å². The summed E-state index contributed by atoms with van der Waals surface area (Å²) in [5, 5.41) is 9.33. The second-order valence-electron chi connectivity index (χ2n) is 3.89. The third kappa shape index (κ3) is 1.93. The fraction of sp³-hybridized carbons (Fsp3) is 0.545. The molecule has 1 aromatic heterocycles. The van der Waals surface area contributed by atoms with Crippen molar-refractivity contribution in [2.45, 2.75) is 37.7 Å². The van der Waals surface area contributed by atoms with E-state index in [1.54, 1.807) is 12.1 Å². The highest BCUT2D eigenvalue weighted by Crippen LogP contribution is 2.33. The Morgan fingerprint density at radius 1 is 1.29 bits per heavy atom. The van der Waals surface area contributed by atoms with Crippen LogP contribution in [0, 0.1) is 5.95 Å². The average molecular weight is 195 g/mol.